The van der Waals surface area contributed by atoms with Crippen LogP contribution in [0.2, 0.25) is 0 Å². The van der Waals surface area contributed by atoms with E-state index < -0.39 is 0 Å². The van der Waals surface area contributed by atoms with Crippen LogP contribution in [0, 0.1) is 0 Å². The molecule has 2 aromatic rings. The van der Waals surface area contributed by atoms with Gasteiger partial charge in [0.05, 0.1) is 20.3 Å². The molecule has 2 aromatic carbocycles. The average Bonchev–Trinajstić information content (AvgIpc) is 2.53. The van der Waals surface area contributed by atoms with Crippen molar-refractivity contribution in [3.05, 3.63) is 59.7 Å². The van der Waals surface area contributed by atoms with Gasteiger partial charge in [-0.05, 0) is 47.6 Å². The van der Waals surface area contributed by atoms with Gasteiger partial charge in [-0.3, -0.25) is 0 Å². The van der Waals surface area contributed by atoms with Gasteiger partial charge in [0.2, 0.25) is 0 Å². The van der Waals surface area contributed by atoms with E-state index in [4.69, 9.17) is 27.4 Å². The molecule has 0 aromatic heterocycles. The highest BCUT2D eigenvalue weighted by atomic mass is 32.1. The Morgan fingerprint density at radius 2 is 1.29 bits per heavy atom. The predicted molar refractivity (Wildman–Crippen MR) is 87.8 cm³/mol. The maximum Gasteiger partial charge on any atom is 0.164 e. The number of nitrogens with two attached hydrogens (primary N) is 1. The van der Waals surface area contributed by atoms with Crippen molar-refractivity contribution in [2.45, 2.75) is 6.04 Å². The first-order chi connectivity index (χ1) is 10.1. The van der Waals surface area contributed by atoms with Crippen molar-refractivity contribution in [1.82, 2.24) is 5.32 Å². The summed E-state index contributed by atoms with van der Waals surface area (Å²) in [6, 6.07) is 15.5. The lowest BCUT2D eigenvalue weighted by Crippen LogP contribution is -2.33. The third-order valence-corrected chi connectivity index (χ3v) is 3.30. The highest BCUT2D eigenvalue weighted by Gasteiger charge is 2.14. The minimum atomic E-state index is -0.112. The highest BCUT2D eigenvalue weighted by Crippen LogP contribution is 2.25. The Bertz CT molecular complexity index is 549. The summed E-state index contributed by atoms with van der Waals surface area (Å²) in [7, 11) is 3.28. The van der Waals surface area contributed by atoms with Gasteiger partial charge in [-0.25, -0.2) is 0 Å². The van der Waals surface area contributed by atoms with Crippen LogP contribution in [-0.4, -0.2) is 19.3 Å². The SMILES string of the molecule is COc1ccc(C(NC(N)=S)c2ccc(OC)cc2)cc1. The average molecular weight is 302 g/mol. The monoisotopic (exact) mass is 302 g/mol. The van der Waals surface area contributed by atoms with Crippen molar-refractivity contribution in [3.63, 3.8) is 0 Å². The Hall–Kier alpha value is -2.27. The molecule has 0 aliphatic heterocycles. The van der Waals surface area contributed by atoms with Crippen LogP contribution in [0.3, 0.4) is 0 Å². The molecular weight excluding hydrogens is 284 g/mol. The second-order valence-electron chi connectivity index (χ2n) is 4.49. The van der Waals surface area contributed by atoms with E-state index in [0.717, 1.165) is 22.6 Å². The maximum absolute atomic E-state index is 5.65. The van der Waals surface area contributed by atoms with Gasteiger partial charge in [-0.15, -0.1) is 0 Å². The second-order valence-corrected chi connectivity index (χ2v) is 4.93. The number of hydrogen-bond acceptors (Lipinski definition) is 3. The van der Waals surface area contributed by atoms with E-state index in [1.165, 1.54) is 0 Å². The first-order valence-electron chi connectivity index (χ1n) is 6.48. The van der Waals surface area contributed by atoms with Gasteiger partial charge >= 0.3 is 0 Å². The zero-order chi connectivity index (χ0) is 15.2. The van der Waals surface area contributed by atoms with Crippen LogP contribution in [-0.2, 0) is 0 Å². The van der Waals surface area contributed by atoms with Crippen molar-refractivity contribution in [2.24, 2.45) is 5.73 Å². The third-order valence-electron chi connectivity index (χ3n) is 3.18. The van der Waals surface area contributed by atoms with Gasteiger partial charge in [-0.1, -0.05) is 24.3 Å². The van der Waals surface area contributed by atoms with Gasteiger partial charge in [0, 0.05) is 0 Å². The standard InChI is InChI=1S/C16H18N2O2S/c1-19-13-7-3-11(4-8-13)15(18-16(17)21)12-5-9-14(20-2)10-6-12/h3-10,15H,1-2H3,(H3,17,18,21). The summed E-state index contributed by atoms with van der Waals surface area (Å²) in [5.74, 6) is 1.62. The van der Waals surface area contributed by atoms with Crippen molar-refractivity contribution >= 4 is 17.3 Å². The quantitative estimate of drug-likeness (QED) is 0.832. The fourth-order valence-electron chi connectivity index (χ4n) is 2.09. The van der Waals surface area contributed by atoms with Crippen LogP contribution >= 0.6 is 12.2 Å². The van der Waals surface area contributed by atoms with E-state index in [0.29, 0.717) is 0 Å². The first-order valence-corrected chi connectivity index (χ1v) is 6.88. The van der Waals surface area contributed by atoms with Crippen LogP contribution in [0.4, 0.5) is 0 Å². The molecule has 0 bridgehead atoms. The smallest absolute Gasteiger partial charge is 0.164 e. The van der Waals surface area contributed by atoms with E-state index in [1.807, 2.05) is 48.5 Å². The van der Waals surface area contributed by atoms with Gasteiger partial charge in [0.1, 0.15) is 11.5 Å². The molecule has 4 nitrogen and oxygen atoms in total. The maximum atomic E-state index is 5.65. The van der Waals surface area contributed by atoms with Gasteiger partial charge in [0.15, 0.2) is 5.11 Å². The Morgan fingerprint density at radius 1 is 0.905 bits per heavy atom. The van der Waals surface area contributed by atoms with Crippen molar-refractivity contribution < 1.29 is 9.47 Å². The molecule has 0 fully saturated rings. The summed E-state index contributed by atoms with van der Waals surface area (Å²) in [6.45, 7) is 0. The molecule has 0 saturated carbocycles. The number of methoxy groups -OCH3 is 2. The molecule has 0 unspecified atom stereocenters. The number of benzene rings is 2. The summed E-state index contributed by atoms with van der Waals surface area (Å²) in [4.78, 5) is 0. The lowest BCUT2D eigenvalue weighted by molar-refractivity contribution is 0.414. The number of thiocarbonyl (C=S) groups is 1. The third kappa shape index (κ3) is 3.86. The van der Waals surface area contributed by atoms with Crippen LogP contribution in [0.15, 0.2) is 48.5 Å². The summed E-state index contributed by atoms with van der Waals surface area (Å²) in [5.41, 5.74) is 7.75. The van der Waals surface area contributed by atoms with E-state index >= 15 is 0 Å². The summed E-state index contributed by atoms with van der Waals surface area (Å²) < 4.78 is 10.4. The molecule has 2 rings (SSSR count). The fourth-order valence-corrected chi connectivity index (χ4v) is 2.21. The number of hydrogen-bond donors (Lipinski definition) is 2. The molecule has 0 saturated heterocycles. The Kier molecular flexibility index (Phi) is 5.00. The summed E-state index contributed by atoms with van der Waals surface area (Å²) in [5, 5.41) is 3.37. The number of nitrogens with one attached hydrogen (secondary N) is 1. The molecule has 21 heavy (non-hydrogen) atoms. The predicted octanol–water partition coefficient (Wildman–Crippen LogP) is 2.63. The van der Waals surface area contributed by atoms with Gasteiger partial charge in [-0.2, -0.15) is 0 Å². The van der Waals surface area contributed by atoms with Gasteiger partial charge < -0.3 is 20.5 Å². The molecule has 0 spiro atoms. The first kappa shape index (κ1) is 15.1. The molecule has 5 heteroatoms. The van der Waals surface area contributed by atoms with Crippen molar-refractivity contribution in [1.29, 1.82) is 0 Å². The molecule has 3 N–H and O–H groups in total. The van der Waals surface area contributed by atoms with E-state index in [9.17, 15) is 0 Å². The number of ether oxygens (including phenoxy) is 2. The minimum Gasteiger partial charge on any atom is -0.497 e. The summed E-state index contributed by atoms with van der Waals surface area (Å²) in [6.07, 6.45) is 0. The Labute approximate surface area is 129 Å². The molecule has 0 atom stereocenters. The topological polar surface area (TPSA) is 56.5 Å². The van der Waals surface area contributed by atoms with Crippen LogP contribution in [0.1, 0.15) is 17.2 Å². The summed E-state index contributed by atoms with van der Waals surface area (Å²) >= 11 is 4.99. The Balaban J connectivity index is 2.33. The van der Waals surface area contributed by atoms with Gasteiger partial charge in [0.25, 0.3) is 0 Å². The lowest BCUT2D eigenvalue weighted by Gasteiger charge is -2.20. The minimum absolute atomic E-state index is 0.112. The van der Waals surface area contributed by atoms with Crippen LogP contribution in [0.25, 0.3) is 0 Å². The molecule has 110 valence electrons. The zero-order valence-corrected chi connectivity index (χ0v) is 12.8. The highest BCUT2D eigenvalue weighted by molar-refractivity contribution is 7.80. The fraction of sp³-hybridized carbons (Fsp3) is 0.188. The zero-order valence-electron chi connectivity index (χ0n) is 12.0. The Morgan fingerprint density at radius 3 is 1.57 bits per heavy atom. The normalized spacial score (nSPS) is 10.2. The number of rotatable bonds is 5. The molecule has 0 aliphatic rings. The molecule has 0 aliphatic carbocycles. The van der Waals surface area contributed by atoms with E-state index in [2.05, 4.69) is 5.32 Å². The van der Waals surface area contributed by atoms with Crippen LogP contribution in [0.5, 0.6) is 11.5 Å². The molecule has 0 amide bonds. The second kappa shape index (κ2) is 6.95. The largest absolute Gasteiger partial charge is 0.497 e. The van der Waals surface area contributed by atoms with Crippen molar-refractivity contribution in [2.75, 3.05) is 14.2 Å². The van der Waals surface area contributed by atoms with Crippen LogP contribution < -0.4 is 20.5 Å². The van der Waals surface area contributed by atoms with E-state index in [1.54, 1.807) is 14.2 Å². The van der Waals surface area contributed by atoms with E-state index in [-0.39, 0.29) is 11.2 Å². The molecular formula is C16H18N2O2S. The van der Waals surface area contributed by atoms with Crippen molar-refractivity contribution in [3.8, 4) is 11.5 Å². The molecule has 0 radical (unpaired) electrons. The lowest BCUT2D eigenvalue weighted by atomic mass is 9.98. The molecule has 0 heterocycles.